The van der Waals surface area contributed by atoms with Crippen LogP contribution in [0.15, 0.2) is 41.3 Å². The van der Waals surface area contributed by atoms with Crippen molar-refractivity contribution in [1.29, 1.82) is 0 Å². The first-order valence-electron chi connectivity index (χ1n) is 10.6. The summed E-state index contributed by atoms with van der Waals surface area (Å²) >= 11 is 0. The van der Waals surface area contributed by atoms with Crippen LogP contribution in [0, 0.1) is 27.7 Å². The Kier molecular flexibility index (Phi) is 6.98. The fraction of sp³-hybridized carbons (Fsp3) is 0.458. The molecule has 2 aromatic rings. The Hall–Kier alpha value is -2.18. The highest BCUT2D eigenvalue weighted by Gasteiger charge is 2.34. The molecule has 0 aromatic heterocycles. The average Bonchev–Trinajstić information content (AvgIpc) is 2.70. The monoisotopic (exact) mass is 428 g/mol. The summed E-state index contributed by atoms with van der Waals surface area (Å²) in [4.78, 5) is 13.2. The van der Waals surface area contributed by atoms with Crippen molar-refractivity contribution in [3.63, 3.8) is 0 Å². The van der Waals surface area contributed by atoms with Gasteiger partial charge in [-0.2, -0.15) is 4.31 Å². The summed E-state index contributed by atoms with van der Waals surface area (Å²) in [6.07, 6.45) is 4.68. The van der Waals surface area contributed by atoms with Crippen molar-refractivity contribution in [2.45, 2.75) is 70.7 Å². The van der Waals surface area contributed by atoms with E-state index < -0.39 is 10.0 Å². The number of nitrogens with zero attached hydrogens (tertiary/aromatic N) is 1. The van der Waals surface area contributed by atoms with Gasteiger partial charge in [0.1, 0.15) is 0 Å². The quantitative estimate of drug-likeness (QED) is 0.713. The van der Waals surface area contributed by atoms with Gasteiger partial charge in [0.05, 0.1) is 11.4 Å². The lowest BCUT2D eigenvalue weighted by molar-refractivity contribution is -0.116. The van der Waals surface area contributed by atoms with Crippen molar-refractivity contribution < 1.29 is 13.2 Å². The standard InChI is InChI=1S/C24H32N2O3S/c1-17-10-12-22(13-11-17)30(28,29)26(21-8-6-5-7-9-21)16-23(27)25-24-19(3)14-18(2)15-20(24)4/h10-15,21H,5-9,16H2,1-4H3,(H,25,27). The number of hydrogen-bond donors (Lipinski definition) is 1. The molecule has 0 saturated heterocycles. The van der Waals surface area contributed by atoms with E-state index in [1.165, 1.54) is 4.31 Å². The molecule has 1 N–H and O–H groups in total. The second kappa shape index (κ2) is 9.31. The molecule has 1 saturated carbocycles. The number of carbonyl (C=O) groups excluding carboxylic acids is 1. The van der Waals surface area contributed by atoms with Crippen LogP contribution in [0.1, 0.15) is 54.4 Å². The molecular weight excluding hydrogens is 396 g/mol. The summed E-state index contributed by atoms with van der Waals surface area (Å²) < 4.78 is 28.3. The molecule has 0 aliphatic heterocycles. The molecule has 30 heavy (non-hydrogen) atoms. The molecule has 0 atom stereocenters. The topological polar surface area (TPSA) is 66.5 Å². The Morgan fingerprint density at radius 2 is 1.50 bits per heavy atom. The highest BCUT2D eigenvalue weighted by atomic mass is 32.2. The van der Waals surface area contributed by atoms with Gasteiger partial charge in [-0.05, 0) is 63.8 Å². The smallest absolute Gasteiger partial charge is 0.243 e. The summed E-state index contributed by atoms with van der Waals surface area (Å²) in [6.45, 7) is 7.68. The number of anilines is 1. The van der Waals surface area contributed by atoms with Gasteiger partial charge in [0.15, 0.2) is 0 Å². The minimum absolute atomic E-state index is 0.143. The Morgan fingerprint density at radius 3 is 2.07 bits per heavy atom. The van der Waals surface area contributed by atoms with Gasteiger partial charge in [0, 0.05) is 11.7 Å². The molecule has 3 rings (SSSR count). The molecule has 0 spiro atoms. The number of nitrogens with one attached hydrogen (secondary N) is 1. The second-order valence-corrected chi connectivity index (χ2v) is 10.4. The Bertz CT molecular complexity index is 984. The number of sulfonamides is 1. The van der Waals surface area contributed by atoms with E-state index in [9.17, 15) is 13.2 Å². The summed E-state index contributed by atoms with van der Waals surface area (Å²) in [6, 6.07) is 10.8. The summed E-state index contributed by atoms with van der Waals surface area (Å²) in [5.41, 5.74) is 4.86. The third kappa shape index (κ3) is 5.10. The molecule has 0 unspecified atom stereocenters. The lowest BCUT2D eigenvalue weighted by atomic mass is 9.95. The van der Waals surface area contributed by atoms with Gasteiger partial charge in [-0.25, -0.2) is 8.42 Å². The predicted octanol–water partition coefficient (Wildman–Crippen LogP) is 4.88. The first-order valence-corrected chi connectivity index (χ1v) is 12.1. The molecule has 1 aliphatic rings. The second-order valence-electron chi connectivity index (χ2n) is 8.48. The molecule has 6 heteroatoms. The fourth-order valence-electron chi connectivity index (χ4n) is 4.32. The number of aryl methyl sites for hydroxylation is 4. The van der Waals surface area contributed by atoms with Crippen LogP contribution in [-0.2, 0) is 14.8 Å². The summed E-state index contributed by atoms with van der Waals surface area (Å²) in [7, 11) is -3.76. The largest absolute Gasteiger partial charge is 0.324 e. The van der Waals surface area contributed by atoms with Crippen LogP contribution in [0.25, 0.3) is 0 Å². The van der Waals surface area contributed by atoms with Crippen molar-refractivity contribution >= 4 is 21.6 Å². The van der Waals surface area contributed by atoms with Crippen molar-refractivity contribution in [2.75, 3.05) is 11.9 Å². The van der Waals surface area contributed by atoms with Gasteiger partial charge < -0.3 is 5.32 Å². The van der Waals surface area contributed by atoms with Crippen LogP contribution in [0.5, 0.6) is 0 Å². The molecule has 0 radical (unpaired) electrons. The number of carbonyl (C=O) groups is 1. The van der Waals surface area contributed by atoms with Crippen LogP contribution in [0.3, 0.4) is 0 Å². The van der Waals surface area contributed by atoms with E-state index in [4.69, 9.17) is 0 Å². The molecule has 1 fully saturated rings. The van der Waals surface area contributed by atoms with Gasteiger partial charge in [-0.15, -0.1) is 0 Å². The first-order chi connectivity index (χ1) is 14.2. The van der Waals surface area contributed by atoms with E-state index >= 15 is 0 Å². The maximum atomic E-state index is 13.5. The van der Waals surface area contributed by atoms with Crippen molar-refractivity contribution in [1.82, 2.24) is 4.31 Å². The zero-order chi connectivity index (χ0) is 21.9. The number of hydrogen-bond acceptors (Lipinski definition) is 3. The van der Waals surface area contributed by atoms with E-state index in [1.807, 2.05) is 39.8 Å². The zero-order valence-electron chi connectivity index (χ0n) is 18.4. The van der Waals surface area contributed by atoms with Crippen LogP contribution >= 0.6 is 0 Å². The highest BCUT2D eigenvalue weighted by molar-refractivity contribution is 7.89. The van der Waals surface area contributed by atoms with Gasteiger partial charge >= 0.3 is 0 Å². The van der Waals surface area contributed by atoms with Gasteiger partial charge in [0.2, 0.25) is 15.9 Å². The molecule has 0 heterocycles. The Morgan fingerprint density at radius 1 is 0.933 bits per heavy atom. The van der Waals surface area contributed by atoms with E-state index in [2.05, 4.69) is 5.32 Å². The van der Waals surface area contributed by atoms with Crippen molar-refractivity contribution in [3.05, 3.63) is 58.7 Å². The van der Waals surface area contributed by atoms with Crippen molar-refractivity contribution in [3.8, 4) is 0 Å². The molecule has 0 bridgehead atoms. The summed E-state index contributed by atoms with van der Waals surface area (Å²) in [5.74, 6) is -0.300. The van der Waals surface area contributed by atoms with Crippen LogP contribution < -0.4 is 5.32 Å². The zero-order valence-corrected chi connectivity index (χ0v) is 19.2. The number of benzene rings is 2. The maximum Gasteiger partial charge on any atom is 0.243 e. The Balaban J connectivity index is 1.87. The molecule has 1 amide bonds. The average molecular weight is 429 g/mol. The maximum absolute atomic E-state index is 13.5. The first kappa shape index (κ1) is 22.5. The molecule has 2 aromatic carbocycles. The molecular formula is C24H32N2O3S. The molecule has 1 aliphatic carbocycles. The third-order valence-corrected chi connectivity index (χ3v) is 7.76. The minimum Gasteiger partial charge on any atom is -0.324 e. The van der Waals surface area contributed by atoms with Crippen LogP contribution in [0.4, 0.5) is 5.69 Å². The highest BCUT2D eigenvalue weighted by Crippen LogP contribution is 2.28. The van der Waals surface area contributed by atoms with Gasteiger partial charge in [-0.1, -0.05) is 54.7 Å². The number of rotatable bonds is 6. The van der Waals surface area contributed by atoms with Crippen molar-refractivity contribution in [2.24, 2.45) is 0 Å². The van der Waals surface area contributed by atoms with Crippen LogP contribution in [0.2, 0.25) is 0 Å². The molecule has 162 valence electrons. The lowest BCUT2D eigenvalue weighted by Gasteiger charge is -2.33. The Labute approximate surface area is 180 Å². The summed E-state index contributed by atoms with van der Waals surface area (Å²) in [5, 5.41) is 2.96. The van der Waals surface area contributed by atoms with Gasteiger partial charge in [-0.3, -0.25) is 4.79 Å². The third-order valence-electron chi connectivity index (χ3n) is 5.85. The molecule has 5 nitrogen and oxygen atoms in total. The van der Waals surface area contributed by atoms with Gasteiger partial charge in [0.25, 0.3) is 0 Å². The fourth-order valence-corrected chi connectivity index (χ4v) is 5.96. The SMILES string of the molecule is Cc1ccc(S(=O)(=O)N(CC(=O)Nc2c(C)cc(C)cc2C)C2CCCCC2)cc1. The normalized spacial score (nSPS) is 15.4. The lowest BCUT2D eigenvalue weighted by Crippen LogP contribution is -2.45. The minimum atomic E-state index is -3.76. The van der Waals surface area contributed by atoms with E-state index in [0.717, 1.165) is 60.0 Å². The van der Waals surface area contributed by atoms with E-state index in [1.54, 1.807) is 24.3 Å². The van der Waals surface area contributed by atoms with E-state index in [-0.39, 0.29) is 23.4 Å². The van der Waals surface area contributed by atoms with Crippen LogP contribution in [-0.4, -0.2) is 31.2 Å². The predicted molar refractivity (Wildman–Crippen MR) is 121 cm³/mol. The number of amides is 1. The van der Waals surface area contributed by atoms with E-state index in [0.29, 0.717) is 0 Å².